The third kappa shape index (κ3) is 5.12. The van der Waals surface area contributed by atoms with Gasteiger partial charge in [-0.1, -0.05) is 43.5 Å². The molecule has 1 aliphatic heterocycles. The summed E-state index contributed by atoms with van der Waals surface area (Å²) in [7, 11) is -3.41. The normalized spacial score (nSPS) is 19.9. The molecule has 1 unspecified atom stereocenters. The number of carbonyl (C=O) groups excluding carboxylic acids is 1. The minimum Gasteiger partial charge on any atom is -0.284 e. The lowest BCUT2D eigenvalue weighted by Gasteiger charge is -2.28. The van der Waals surface area contributed by atoms with Crippen LogP contribution in [0.4, 0.5) is 10.1 Å². The van der Waals surface area contributed by atoms with Gasteiger partial charge in [0.15, 0.2) is 0 Å². The van der Waals surface area contributed by atoms with E-state index in [0.29, 0.717) is 23.4 Å². The summed E-state index contributed by atoms with van der Waals surface area (Å²) in [5.41, 5.74) is 2.54. The van der Waals surface area contributed by atoms with Crippen molar-refractivity contribution < 1.29 is 17.6 Å². The van der Waals surface area contributed by atoms with Crippen molar-refractivity contribution in [2.45, 2.75) is 44.6 Å². The van der Waals surface area contributed by atoms with Crippen LogP contribution in [0.5, 0.6) is 0 Å². The monoisotopic (exact) mass is 443 g/mol. The molecule has 1 fully saturated rings. The van der Waals surface area contributed by atoms with E-state index < -0.39 is 10.0 Å². The van der Waals surface area contributed by atoms with Crippen LogP contribution in [-0.2, 0) is 14.8 Å². The molecule has 1 N–H and O–H groups in total. The Kier molecular flexibility index (Phi) is 6.09. The van der Waals surface area contributed by atoms with E-state index in [1.807, 2.05) is 12.1 Å². The zero-order valence-corrected chi connectivity index (χ0v) is 18.2. The van der Waals surface area contributed by atoms with E-state index in [0.717, 1.165) is 43.9 Å². The van der Waals surface area contributed by atoms with Crippen LogP contribution in [0.2, 0.25) is 0 Å². The van der Waals surface area contributed by atoms with Gasteiger partial charge in [0.1, 0.15) is 5.82 Å². The largest absolute Gasteiger partial charge is 0.284 e. The van der Waals surface area contributed by atoms with Gasteiger partial charge in [0.25, 0.3) is 0 Å². The Balaban J connectivity index is 1.67. The molecular formula is C23H26FN3O3S. The van der Waals surface area contributed by atoms with E-state index in [9.17, 15) is 17.6 Å². The number of carbonyl (C=O) groups is 1. The zero-order chi connectivity index (χ0) is 22.0. The van der Waals surface area contributed by atoms with Gasteiger partial charge in [-0.05, 0) is 48.2 Å². The molecule has 0 radical (unpaired) electrons. The van der Waals surface area contributed by atoms with Gasteiger partial charge < -0.3 is 0 Å². The molecule has 1 atom stereocenters. The quantitative estimate of drug-likeness (QED) is 0.741. The minimum atomic E-state index is -3.41. The number of anilines is 1. The Morgan fingerprint density at radius 3 is 2.55 bits per heavy atom. The van der Waals surface area contributed by atoms with Gasteiger partial charge in [-0.2, -0.15) is 5.10 Å². The van der Waals surface area contributed by atoms with Gasteiger partial charge in [-0.15, -0.1) is 0 Å². The molecular weight excluding hydrogens is 417 g/mol. The molecule has 31 heavy (non-hydrogen) atoms. The topological polar surface area (TPSA) is 78.8 Å². The third-order valence-electron chi connectivity index (χ3n) is 5.82. The molecule has 2 aromatic rings. The summed E-state index contributed by atoms with van der Waals surface area (Å²) in [5.74, 6) is -0.434. The Morgan fingerprint density at radius 2 is 1.84 bits per heavy atom. The van der Waals surface area contributed by atoms with E-state index >= 15 is 0 Å². The summed E-state index contributed by atoms with van der Waals surface area (Å²) >= 11 is 0. The molecule has 0 saturated heterocycles. The predicted octanol–water partition coefficient (Wildman–Crippen LogP) is 4.46. The van der Waals surface area contributed by atoms with Crippen LogP contribution < -0.4 is 4.72 Å². The summed E-state index contributed by atoms with van der Waals surface area (Å²) < 4.78 is 39.6. The fourth-order valence-corrected chi connectivity index (χ4v) is 4.93. The predicted molar refractivity (Wildman–Crippen MR) is 119 cm³/mol. The first-order valence-corrected chi connectivity index (χ1v) is 12.4. The van der Waals surface area contributed by atoms with Crippen LogP contribution in [0.1, 0.15) is 55.7 Å². The van der Waals surface area contributed by atoms with Gasteiger partial charge >= 0.3 is 0 Å². The highest BCUT2D eigenvalue weighted by Crippen LogP contribution is 2.36. The van der Waals surface area contributed by atoms with E-state index in [-0.39, 0.29) is 23.7 Å². The van der Waals surface area contributed by atoms with Gasteiger partial charge in [-0.25, -0.2) is 17.8 Å². The van der Waals surface area contributed by atoms with Crippen LogP contribution >= 0.6 is 0 Å². The molecule has 2 aromatic carbocycles. The Labute approximate surface area is 182 Å². The number of amides is 1. The number of benzene rings is 2. The Morgan fingerprint density at radius 1 is 1.10 bits per heavy atom. The van der Waals surface area contributed by atoms with Gasteiger partial charge in [0.2, 0.25) is 15.9 Å². The first-order chi connectivity index (χ1) is 14.8. The maximum atomic E-state index is 13.9. The SMILES string of the molecule is CS(=O)(=O)Nc1cccc(C2=NN(C(=O)C3CCCCC3)C(c3cccc(F)c3)C2)c1. The summed E-state index contributed by atoms with van der Waals surface area (Å²) in [6.45, 7) is 0. The fourth-order valence-electron chi connectivity index (χ4n) is 4.37. The first-order valence-electron chi connectivity index (χ1n) is 10.5. The number of halogens is 1. The summed E-state index contributed by atoms with van der Waals surface area (Å²) in [4.78, 5) is 13.3. The zero-order valence-electron chi connectivity index (χ0n) is 17.4. The van der Waals surface area contributed by atoms with Crippen molar-refractivity contribution in [2.75, 3.05) is 11.0 Å². The van der Waals surface area contributed by atoms with Gasteiger partial charge in [-0.3, -0.25) is 9.52 Å². The van der Waals surface area contributed by atoms with Crippen LogP contribution in [0.25, 0.3) is 0 Å². The average Bonchev–Trinajstić information content (AvgIpc) is 3.18. The maximum absolute atomic E-state index is 13.9. The molecule has 0 aromatic heterocycles. The average molecular weight is 444 g/mol. The summed E-state index contributed by atoms with van der Waals surface area (Å²) in [6, 6.07) is 12.9. The smallest absolute Gasteiger partial charge is 0.246 e. The highest BCUT2D eigenvalue weighted by molar-refractivity contribution is 7.92. The van der Waals surface area contributed by atoms with E-state index in [1.54, 1.807) is 24.3 Å². The number of hydrazone groups is 1. The van der Waals surface area contributed by atoms with Crippen molar-refractivity contribution in [2.24, 2.45) is 11.0 Å². The molecule has 6 nitrogen and oxygen atoms in total. The second kappa shape index (κ2) is 8.78. The molecule has 1 heterocycles. The van der Waals surface area contributed by atoms with Crippen molar-refractivity contribution >= 4 is 27.3 Å². The Bertz CT molecular complexity index is 1110. The Hall–Kier alpha value is -2.74. The van der Waals surface area contributed by atoms with Gasteiger partial charge in [0, 0.05) is 18.0 Å². The number of nitrogens with one attached hydrogen (secondary N) is 1. The number of rotatable bonds is 5. The lowest BCUT2D eigenvalue weighted by molar-refractivity contribution is -0.138. The van der Waals surface area contributed by atoms with Gasteiger partial charge in [0.05, 0.1) is 18.0 Å². The highest BCUT2D eigenvalue weighted by atomic mass is 32.2. The molecule has 0 spiro atoms. The fraction of sp³-hybridized carbons (Fsp3) is 0.391. The van der Waals surface area contributed by atoms with E-state index in [1.165, 1.54) is 17.1 Å². The molecule has 4 rings (SSSR count). The number of sulfonamides is 1. The molecule has 1 amide bonds. The van der Waals surface area contributed by atoms with Crippen LogP contribution in [-0.4, -0.2) is 31.3 Å². The molecule has 1 saturated carbocycles. The van der Waals surface area contributed by atoms with Crippen LogP contribution in [0.15, 0.2) is 53.6 Å². The van der Waals surface area contributed by atoms with Crippen LogP contribution in [0.3, 0.4) is 0 Å². The molecule has 2 aliphatic rings. The molecule has 164 valence electrons. The minimum absolute atomic E-state index is 0.0191. The maximum Gasteiger partial charge on any atom is 0.246 e. The lowest BCUT2D eigenvalue weighted by atomic mass is 9.88. The lowest BCUT2D eigenvalue weighted by Crippen LogP contribution is -2.34. The van der Waals surface area contributed by atoms with Crippen molar-refractivity contribution in [1.29, 1.82) is 0 Å². The first kappa shape index (κ1) is 21.5. The number of hydrogen-bond donors (Lipinski definition) is 1. The van der Waals surface area contributed by atoms with Crippen molar-refractivity contribution in [1.82, 2.24) is 5.01 Å². The second-order valence-electron chi connectivity index (χ2n) is 8.29. The van der Waals surface area contributed by atoms with E-state index in [2.05, 4.69) is 9.82 Å². The van der Waals surface area contributed by atoms with E-state index in [4.69, 9.17) is 0 Å². The highest BCUT2D eigenvalue weighted by Gasteiger charge is 2.36. The van der Waals surface area contributed by atoms with Crippen molar-refractivity contribution in [3.63, 3.8) is 0 Å². The number of nitrogens with zero attached hydrogens (tertiary/aromatic N) is 2. The second-order valence-corrected chi connectivity index (χ2v) is 10.0. The van der Waals surface area contributed by atoms with Crippen LogP contribution in [0, 0.1) is 11.7 Å². The summed E-state index contributed by atoms with van der Waals surface area (Å²) in [6.07, 6.45) is 6.44. The summed E-state index contributed by atoms with van der Waals surface area (Å²) in [5, 5.41) is 6.18. The molecule has 0 bridgehead atoms. The number of hydrogen-bond acceptors (Lipinski definition) is 4. The standard InChI is InChI=1S/C23H26FN3O3S/c1-31(29,30)26-20-12-6-9-17(14-20)21-15-22(18-10-5-11-19(24)13-18)27(25-21)23(28)16-7-3-2-4-8-16/h5-6,9-14,16,22,26H,2-4,7-8,15H2,1H3. The molecule has 1 aliphatic carbocycles. The van der Waals surface area contributed by atoms with Crippen molar-refractivity contribution in [3.05, 3.63) is 65.5 Å². The third-order valence-corrected chi connectivity index (χ3v) is 6.43. The van der Waals surface area contributed by atoms with Crippen molar-refractivity contribution in [3.8, 4) is 0 Å². The molecule has 8 heteroatoms.